The van der Waals surface area contributed by atoms with Gasteiger partial charge in [-0.2, -0.15) is 16.9 Å². The van der Waals surface area contributed by atoms with Crippen LogP contribution in [0.25, 0.3) is 0 Å². The molecule has 1 aromatic heterocycles. The Labute approximate surface area is 107 Å². The molecule has 0 saturated heterocycles. The first-order chi connectivity index (χ1) is 7.56. The summed E-state index contributed by atoms with van der Waals surface area (Å²) in [6, 6.07) is 0. The molecule has 16 heavy (non-hydrogen) atoms. The van der Waals surface area contributed by atoms with E-state index in [4.69, 9.17) is 11.6 Å². The van der Waals surface area contributed by atoms with Crippen LogP contribution < -0.4 is 5.32 Å². The van der Waals surface area contributed by atoms with Gasteiger partial charge in [0.1, 0.15) is 0 Å². The third-order valence-electron chi connectivity index (χ3n) is 2.50. The molecule has 1 atom stereocenters. The Morgan fingerprint density at radius 3 is 2.75 bits per heavy atom. The Morgan fingerprint density at radius 2 is 2.25 bits per heavy atom. The predicted molar refractivity (Wildman–Crippen MR) is 72.2 cm³/mol. The summed E-state index contributed by atoms with van der Waals surface area (Å²) in [7, 11) is 1.93. The molecule has 0 aliphatic carbocycles. The molecule has 0 aliphatic heterocycles. The summed E-state index contributed by atoms with van der Waals surface area (Å²) in [5.41, 5.74) is 1.97. The number of aromatic nitrogens is 2. The largest absolute Gasteiger partial charge is 0.311 e. The van der Waals surface area contributed by atoms with Crippen LogP contribution in [0.3, 0.4) is 0 Å². The van der Waals surface area contributed by atoms with Gasteiger partial charge in [-0.15, -0.1) is 0 Å². The molecule has 92 valence electrons. The Kier molecular flexibility index (Phi) is 5.66. The monoisotopic (exact) mass is 261 g/mol. The van der Waals surface area contributed by atoms with Crippen molar-refractivity contribution in [2.75, 3.05) is 18.6 Å². The van der Waals surface area contributed by atoms with E-state index in [0.29, 0.717) is 5.92 Å². The van der Waals surface area contributed by atoms with Crippen LogP contribution in [0.2, 0.25) is 5.02 Å². The Bertz CT molecular complexity index is 338. The first-order valence-electron chi connectivity index (χ1n) is 5.43. The molecule has 5 heteroatoms. The lowest BCUT2D eigenvalue weighted by atomic mass is 10.2. The fraction of sp³-hybridized carbons (Fsp3) is 0.727. The van der Waals surface area contributed by atoms with Gasteiger partial charge in [-0.1, -0.05) is 18.5 Å². The highest BCUT2D eigenvalue weighted by molar-refractivity contribution is 7.98. The van der Waals surface area contributed by atoms with Crippen LogP contribution in [0.15, 0.2) is 0 Å². The van der Waals surface area contributed by atoms with E-state index in [0.717, 1.165) is 29.5 Å². The van der Waals surface area contributed by atoms with Gasteiger partial charge in [0.2, 0.25) is 0 Å². The zero-order valence-corrected chi connectivity index (χ0v) is 12.0. The lowest BCUT2D eigenvalue weighted by Crippen LogP contribution is -2.23. The van der Waals surface area contributed by atoms with Crippen LogP contribution >= 0.6 is 23.4 Å². The number of nitrogens with zero attached hydrogens (tertiary/aromatic N) is 2. The van der Waals surface area contributed by atoms with Crippen molar-refractivity contribution in [2.24, 2.45) is 13.0 Å². The third kappa shape index (κ3) is 3.68. The molecule has 0 fully saturated rings. The van der Waals surface area contributed by atoms with Crippen molar-refractivity contribution in [3.8, 4) is 0 Å². The van der Waals surface area contributed by atoms with Crippen molar-refractivity contribution in [3.05, 3.63) is 16.4 Å². The Morgan fingerprint density at radius 1 is 1.56 bits per heavy atom. The lowest BCUT2D eigenvalue weighted by molar-refractivity contribution is 0.542. The summed E-state index contributed by atoms with van der Waals surface area (Å²) < 4.78 is 1.85. The molecule has 0 amide bonds. The van der Waals surface area contributed by atoms with E-state index < -0.39 is 0 Å². The highest BCUT2D eigenvalue weighted by atomic mass is 35.5. The van der Waals surface area contributed by atoms with Crippen molar-refractivity contribution >= 4 is 23.4 Å². The van der Waals surface area contributed by atoms with E-state index in [-0.39, 0.29) is 0 Å². The average molecular weight is 262 g/mol. The Balaban J connectivity index is 2.43. The molecule has 0 saturated carbocycles. The molecule has 1 rings (SSSR count). The zero-order valence-electron chi connectivity index (χ0n) is 10.4. The van der Waals surface area contributed by atoms with Gasteiger partial charge in [0.25, 0.3) is 0 Å². The molecule has 1 unspecified atom stereocenters. The maximum atomic E-state index is 6.16. The average Bonchev–Trinajstić information content (AvgIpc) is 2.45. The van der Waals surface area contributed by atoms with Crippen molar-refractivity contribution in [3.63, 3.8) is 0 Å². The van der Waals surface area contributed by atoms with Gasteiger partial charge in [0, 0.05) is 13.6 Å². The Hall–Kier alpha value is -0.190. The summed E-state index contributed by atoms with van der Waals surface area (Å²) >= 11 is 8.05. The van der Waals surface area contributed by atoms with E-state index in [1.54, 1.807) is 0 Å². The maximum Gasteiger partial charge on any atom is 0.0860 e. The standard InChI is InChI=1S/C11H20ClN3S/c1-8(7-16-4)5-13-6-10-11(12)9(2)14-15(10)3/h8,13H,5-7H2,1-4H3. The zero-order chi connectivity index (χ0) is 12.1. The van der Waals surface area contributed by atoms with Crippen molar-refractivity contribution in [2.45, 2.75) is 20.4 Å². The van der Waals surface area contributed by atoms with Crippen molar-refractivity contribution in [1.82, 2.24) is 15.1 Å². The van der Waals surface area contributed by atoms with E-state index in [9.17, 15) is 0 Å². The molecule has 0 bridgehead atoms. The number of aryl methyl sites for hydroxylation is 2. The molecular formula is C11H20ClN3S. The van der Waals surface area contributed by atoms with Crippen LogP contribution in [0.1, 0.15) is 18.3 Å². The van der Waals surface area contributed by atoms with E-state index in [2.05, 4.69) is 23.6 Å². The second-order valence-electron chi connectivity index (χ2n) is 4.16. The smallest absolute Gasteiger partial charge is 0.0860 e. The van der Waals surface area contributed by atoms with Gasteiger partial charge < -0.3 is 5.32 Å². The van der Waals surface area contributed by atoms with Gasteiger partial charge >= 0.3 is 0 Å². The van der Waals surface area contributed by atoms with E-state index in [1.807, 2.05) is 30.4 Å². The molecule has 0 radical (unpaired) electrons. The quantitative estimate of drug-likeness (QED) is 0.853. The molecule has 1 heterocycles. The van der Waals surface area contributed by atoms with Crippen LogP contribution in [0.4, 0.5) is 0 Å². The van der Waals surface area contributed by atoms with Gasteiger partial charge in [0.15, 0.2) is 0 Å². The first-order valence-corrected chi connectivity index (χ1v) is 7.21. The lowest BCUT2D eigenvalue weighted by Gasteiger charge is -2.11. The number of hydrogen-bond acceptors (Lipinski definition) is 3. The molecule has 3 nitrogen and oxygen atoms in total. The minimum absolute atomic E-state index is 0.683. The summed E-state index contributed by atoms with van der Waals surface area (Å²) in [6.07, 6.45) is 2.14. The molecular weight excluding hydrogens is 242 g/mol. The van der Waals surface area contributed by atoms with Crippen molar-refractivity contribution in [1.29, 1.82) is 0 Å². The van der Waals surface area contributed by atoms with Crippen LogP contribution in [0.5, 0.6) is 0 Å². The highest BCUT2D eigenvalue weighted by Gasteiger charge is 2.10. The number of nitrogens with one attached hydrogen (secondary N) is 1. The predicted octanol–water partition coefficient (Wildman–Crippen LogP) is 2.47. The fourth-order valence-electron chi connectivity index (χ4n) is 1.65. The topological polar surface area (TPSA) is 29.9 Å². The van der Waals surface area contributed by atoms with Crippen molar-refractivity contribution < 1.29 is 0 Å². The molecule has 1 N–H and O–H groups in total. The second-order valence-corrected chi connectivity index (χ2v) is 5.45. The van der Waals surface area contributed by atoms with Crippen LogP contribution in [0, 0.1) is 12.8 Å². The normalized spacial score (nSPS) is 13.1. The number of halogens is 1. The van der Waals surface area contributed by atoms with E-state index in [1.165, 1.54) is 5.75 Å². The minimum atomic E-state index is 0.683. The summed E-state index contributed by atoms with van der Waals surface area (Å²) in [4.78, 5) is 0. The van der Waals surface area contributed by atoms with Gasteiger partial charge in [0.05, 0.1) is 16.4 Å². The number of thioether (sulfide) groups is 1. The van der Waals surface area contributed by atoms with Crippen LogP contribution in [-0.2, 0) is 13.6 Å². The summed E-state index contributed by atoms with van der Waals surface area (Å²) in [5.74, 6) is 1.87. The van der Waals surface area contributed by atoms with Gasteiger partial charge in [-0.25, -0.2) is 0 Å². The summed E-state index contributed by atoms with van der Waals surface area (Å²) in [5, 5.41) is 8.49. The molecule has 1 aromatic rings. The maximum absolute atomic E-state index is 6.16. The van der Waals surface area contributed by atoms with E-state index >= 15 is 0 Å². The van der Waals surface area contributed by atoms with Crippen LogP contribution in [-0.4, -0.2) is 28.3 Å². The first kappa shape index (κ1) is 13.9. The molecule has 0 aliphatic rings. The minimum Gasteiger partial charge on any atom is -0.311 e. The fourth-order valence-corrected chi connectivity index (χ4v) is 2.57. The third-order valence-corrected chi connectivity index (χ3v) is 3.89. The summed E-state index contributed by atoms with van der Waals surface area (Å²) in [6.45, 7) is 5.98. The molecule has 0 aromatic carbocycles. The molecule has 0 spiro atoms. The number of hydrogen-bond donors (Lipinski definition) is 1. The SMILES string of the molecule is CSCC(C)CNCc1c(Cl)c(C)nn1C. The number of rotatable bonds is 6. The van der Waals surface area contributed by atoms with Gasteiger partial charge in [-0.3, -0.25) is 4.68 Å². The second kappa shape index (κ2) is 6.52. The highest BCUT2D eigenvalue weighted by Crippen LogP contribution is 2.18. The van der Waals surface area contributed by atoms with Gasteiger partial charge in [-0.05, 0) is 31.4 Å².